The Morgan fingerprint density at radius 3 is 1.32 bits per heavy atom. The van der Waals surface area contributed by atoms with Crippen molar-refractivity contribution in [1.82, 2.24) is 0 Å². The Bertz CT molecular complexity index is 469. The van der Waals surface area contributed by atoms with Crippen molar-refractivity contribution in [3.05, 3.63) is 19.6 Å². The van der Waals surface area contributed by atoms with Crippen molar-refractivity contribution in [3.63, 3.8) is 0 Å². The molecule has 5 heteroatoms. The molecule has 0 aromatic carbocycles. The molecule has 25 heavy (non-hydrogen) atoms. The van der Waals surface area contributed by atoms with Crippen molar-refractivity contribution in [1.29, 1.82) is 0 Å². The molecule has 0 saturated carbocycles. The van der Waals surface area contributed by atoms with Crippen LogP contribution < -0.4 is 0 Å². The molecule has 1 radical (unpaired) electrons. The van der Waals surface area contributed by atoms with Gasteiger partial charge < -0.3 is 9.47 Å². The first kappa shape index (κ1) is 24.3. The first-order valence-electron chi connectivity index (χ1n) is 8.66. The van der Waals surface area contributed by atoms with Crippen LogP contribution in [0.5, 0.6) is 0 Å². The maximum absolute atomic E-state index is 5.88. The fourth-order valence-electron chi connectivity index (χ4n) is 2.41. The number of aliphatic imine (C=N–C) groups is 2. The van der Waals surface area contributed by atoms with Gasteiger partial charge in [0, 0.05) is 20.4 Å². The van der Waals surface area contributed by atoms with Crippen molar-refractivity contribution in [2.75, 3.05) is 13.2 Å². The van der Waals surface area contributed by atoms with Gasteiger partial charge in [-0.1, -0.05) is 47.6 Å². The molecule has 2 aliphatic heterocycles. The number of ether oxygens (including phenoxy) is 2. The minimum Gasteiger partial charge on any atom is -0.478 e. The summed E-state index contributed by atoms with van der Waals surface area (Å²) in [5.74, 6) is 1.52. The molecule has 0 unspecified atom stereocenters. The zero-order chi connectivity index (χ0) is 18.8. The molecule has 0 aliphatic carbocycles. The van der Waals surface area contributed by atoms with E-state index in [0.29, 0.717) is 13.2 Å². The molecule has 0 aromatic heterocycles. The predicted molar refractivity (Wildman–Crippen MR) is 103 cm³/mol. The molecule has 2 heterocycles. The first-order valence-corrected chi connectivity index (χ1v) is 8.66. The quantitative estimate of drug-likeness (QED) is 0.583. The summed E-state index contributed by atoms with van der Waals surface area (Å²) in [5, 5.41) is 0. The average Bonchev–Trinajstić information content (AvgIpc) is 3.08. The van der Waals surface area contributed by atoms with Gasteiger partial charge in [0.15, 0.2) is 11.8 Å². The number of nitrogens with zero attached hydrogens (tertiary/aromatic N) is 2. The van der Waals surface area contributed by atoms with Gasteiger partial charge in [0.1, 0.15) is 18.6 Å². The van der Waals surface area contributed by atoms with Crippen molar-refractivity contribution >= 4 is 11.8 Å². The van der Waals surface area contributed by atoms with Gasteiger partial charge in [-0.3, -0.25) is 0 Å². The van der Waals surface area contributed by atoms with E-state index in [0.717, 1.165) is 11.8 Å². The zero-order valence-corrected chi connectivity index (χ0v) is 18.6. The minimum atomic E-state index is -0.389. The van der Waals surface area contributed by atoms with E-state index in [9.17, 15) is 0 Å². The van der Waals surface area contributed by atoms with Gasteiger partial charge in [-0.05, 0) is 31.6 Å². The summed E-state index contributed by atoms with van der Waals surface area (Å²) in [5.41, 5.74) is -0.158. The molecule has 2 atom stereocenters. The fourth-order valence-corrected chi connectivity index (χ4v) is 2.41. The van der Waals surface area contributed by atoms with Crippen LogP contribution in [-0.4, -0.2) is 37.1 Å². The molecular weight excluding hydrogens is 407 g/mol. The van der Waals surface area contributed by atoms with Crippen molar-refractivity contribution in [2.24, 2.45) is 26.2 Å². The third-order valence-electron chi connectivity index (χ3n) is 4.37. The largest absolute Gasteiger partial charge is 0.478 e. The summed E-state index contributed by atoms with van der Waals surface area (Å²) in [7, 11) is 0. The van der Waals surface area contributed by atoms with E-state index in [1.807, 2.05) is 0 Å². The van der Waals surface area contributed by atoms with E-state index in [1.165, 1.54) is 6.08 Å². The third-order valence-corrected chi connectivity index (χ3v) is 4.37. The molecule has 0 N–H and O–H groups in total. The smallest absolute Gasteiger partial charge is 0.199 e. The Hall–Kier alpha value is -0.658. The van der Waals surface area contributed by atoms with Crippen LogP contribution in [0.1, 0.15) is 55.4 Å². The summed E-state index contributed by atoms with van der Waals surface area (Å²) >= 11 is 0. The summed E-state index contributed by atoms with van der Waals surface area (Å²) in [6.45, 7) is 25.1. The topological polar surface area (TPSA) is 43.2 Å². The molecular formula is C20H35N2O2Pd. The molecule has 0 amide bonds. The molecule has 0 fully saturated rings. The number of allylic oxidation sites excluding steroid dienone is 1. The van der Waals surface area contributed by atoms with E-state index >= 15 is 0 Å². The normalized spacial score (nSPS) is 23.2. The molecule has 2 rings (SSSR count). The zero-order valence-electron chi connectivity index (χ0n) is 17.1. The molecule has 0 aromatic rings. The SMILES string of the molecule is CC(C)(C1=N[C@@H](C(C)(C)C)CO1)C1=N[C@@H](C(C)(C)C)CO1.[CH2]C=C.[Pd]. The van der Waals surface area contributed by atoms with Gasteiger partial charge in [-0.25, -0.2) is 9.98 Å². The Labute approximate surface area is 168 Å². The maximum atomic E-state index is 5.88. The fraction of sp³-hybridized carbons (Fsp3) is 0.750. The number of hydrogen-bond donors (Lipinski definition) is 0. The molecule has 0 bridgehead atoms. The third kappa shape index (κ3) is 6.22. The second-order valence-electron chi connectivity index (χ2n) is 9.17. The van der Waals surface area contributed by atoms with Crippen molar-refractivity contribution in [2.45, 2.75) is 67.5 Å². The monoisotopic (exact) mass is 441 g/mol. The van der Waals surface area contributed by atoms with Crippen LogP contribution in [-0.2, 0) is 29.9 Å². The summed E-state index contributed by atoms with van der Waals surface area (Å²) < 4.78 is 11.8. The van der Waals surface area contributed by atoms with Crippen LogP contribution in [0.3, 0.4) is 0 Å². The second kappa shape index (κ2) is 8.82. The van der Waals surface area contributed by atoms with Crippen LogP contribution in [0.15, 0.2) is 22.6 Å². The first-order chi connectivity index (χ1) is 10.8. The van der Waals surface area contributed by atoms with E-state index in [2.05, 4.69) is 68.9 Å². The molecule has 147 valence electrons. The maximum Gasteiger partial charge on any atom is 0.199 e. The Balaban J connectivity index is 0.00000134. The molecule has 0 spiro atoms. The molecule has 4 nitrogen and oxygen atoms in total. The second-order valence-corrected chi connectivity index (χ2v) is 9.17. The minimum absolute atomic E-state index is 0. The van der Waals surface area contributed by atoms with E-state index < -0.39 is 0 Å². The standard InChI is InChI=1S/C17H30N2O2.C3H5.Pd/c1-15(2,3)11-9-20-13(18-11)17(7,8)14-19-12(10-21-14)16(4,5)6;1-3-2;/h11-12H,9-10H2,1-8H3;3H,1-2H2;/t11-,12-;;/m1../s1. The molecule has 2 aliphatic rings. The predicted octanol–water partition coefficient (Wildman–Crippen LogP) is 4.70. The van der Waals surface area contributed by atoms with Gasteiger partial charge in [-0.2, -0.15) is 0 Å². The Morgan fingerprint density at radius 2 is 1.12 bits per heavy atom. The average molecular weight is 442 g/mol. The van der Waals surface area contributed by atoms with Crippen LogP contribution in [0, 0.1) is 23.2 Å². The van der Waals surface area contributed by atoms with Crippen LogP contribution in [0.25, 0.3) is 0 Å². The van der Waals surface area contributed by atoms with Gasteiger partial charge in [0.05, 0.1) is 12.1 Å². The van der Waals surface area contributed by atoms with E-state index in [-0.39, 0.29) is 48.8 Å². The Morgan fingerprint density at radius 1 is 0.840 bits per heavy atom. The van der Waals surface area contributed by atoms with E-state index in [4.69, 9.17) is 19.5 Å². The van der Waals surface area contributed by atoms with E-state index in [1.54, 1.807) is 0 Å². The van der Waals surface area contributed by atoms with Gasteiger partial charge in [-0.15, -0.1) is 6.58 Å². The van der Waals surface area contributed by atoms with Crippen LogP contribution in [0.4, 0.5) is 0 Å². The number of hydrogen-bond acceptors (Lipinski definition) is 4. The number of rotatable bonds is 2. The Kier molecular flexibility index (Phi) is 8.59. The van der Waals surface area contributed by atoms with Crippen molar-refractivity contribution < 1.29 is 29.9 Å². The van der Waals surface area contributed by atoms with Gasteiger partial charge in [0.25, 0.3) is 0 Å². The molecule has 0 saturated heterocycles. The summed E-state index contributed by atoms with van der Waals surface area (Å²) in [6.07, 6.45) is 1.50. The van der Waals surface area contributed by atoms with Gasteiger partial charge >= 0.3 is 0 Å². The van der Waals surface area contributed by atoms with Crippen LogP contribution in [0.2, 0.25) is 0 Å². The summed E-state index contributed by atoms with van der Waals surface area (Å²) in [4.78, 5) is 9.59. The van der Waals surface area contributed by atoms with Gasteiger partial charge in [0.2, 0.25) is 0 Å². The van der Waals surface area contributed by atoms with Crippen LogP contribution >= 0.6 is 0 Å². The summed E-state index contributed by atoms with van der Waals surface area (Å²) in [6, 6.07) is 0.402. The van der Waals surface area contributed by atoms with Crippen molar-refractivity contribution in [3.8, 4) is 0 Å².